The summed E-state index contributed by atoms with van der Waals surface area (Å²) in [5.41, 5.74) is 0. The van der Waals surface area contributed by atoms with Crippen molar-refractivity contribution in [3.8, 4) is 0 Å². The molecule has 0 aromatic rings. The Morgan fingerprint density at radius 2 is 1.54 bits per heavy atom. The van der Waals surface area contributed by atoms with Crippen LogP contribution in [0.25, 0.3) is 0 Å². The SMILES string of the molecule is CCC(=O)NC(C)C(=O)NC(C)C(=O)NC1OC(CO)C(O)C(O)C1O. The first-order valence-corrected chi connectivity index (χ1v) is 8.32. The van der Waals surface area contributed by atoms with Crippen LogP contribution in [0.2, 0.25) is 0 Å². The van der Waals surface area contributed by atoms with Gasteiger partial charge in [-0.15, -0.1) is 0 Å². The number of amides is 3. The molecule has 11 heteroatoms. The van der Waals surface area contributed by atoms with Crippen LogP contribution in [0, 0.1) is 0 Å². The molecule has 1 aliphatic rings. The molecular weight excluding hydrogens is 350 g/mol. The number of carbonyl (C=O) groups excluding carboxylic acids is 3. The van der Waals surface area contributed by atoms with Crippen LogP contribution in [0.1, 0.15) is 27.2 Å². The molecule has 7 unspecified atom stereocenters. The van der Waals surface area contributed by atoms with Crippen molar-refractivity contribution in [2.75, 3.05) is 6.61 Å². The van der Waals surface area contributed by atoms with Gasteiger partial charge in [-0.1, -0.05) is 6.92 Å². The molecule has 1 fully saturated rings. The Balaban J connectivity index is 2.60. The van der Waals surface area contributed by atoms with Gasteiger partial charge in [-0.2, -0.15) is 0 Å². The highest BCUT2D eigenvalue weighted by Gasteiger charge is 2.44. The average molecular weight is 377 g/mol. The number of hydrogen-bond donors (Lipinski definition) is 7. The Hall–Kier alpha value is -1.79. The van der Waals surface area contributed by atoms with E-state index in [1.807, 2.05) is 0 Å². The number of nitrogens with one attached hydrogen (secondary N) is 3. The smallest absolute Gasteiger partial charge is 0.244 e. The van der Waals surface area contributed by atoms with Gasteiger partial charge in [-0.3, -0.25) is 14.4 Å². The molecule has 0 aromatic carbocycles. The molecule has 3 amide bonds. The van der Waals surface area contributed by atoms with Crippen LogP contribution in [-0.2, 0) is 19.1 Å². The molecule has 150 valence electrons. The van der Waals surface area contributed by atoms with E-state index in [1.165, 1.54) is 13.8 Å². The summed E-state index contributed by atoms with van der Waals surface area (Å²) in [6.07, 6.45) is -7.11. The summed E-state index contributed by atoms with van der Waals surface area (Å²) in [4.78, 5) is 35.4. The second kappa shape index (κ2) is 9.78. The van der Waals surface area contributed by atoms with Gasteiger partial charge in [0.25, 0.3) is 0 Å². The number of aliphatic hydroxyl groups excluding tert-OH is 4. The summed E-state index contributed by atoms with van der Waals surface area (Å²) in [6.45, 7) is 3.85. The second-order valence-corrected chi connectivity index (χ2v) is 6.13. The van der Waals surface area contributed by atoms with Crippen molar-refractivity contribution in [2.45, 2.75) is 69.9 Å². The minimum Gasteiger partial charge on any atom is -0.394 e. The molecule has 11 nitrogen and oxygen atoms in total. The first-order chi connectivity index (χ1) is 12.1. The van der Waals surface area contributed by atoms with Gasteiger partial charge in [0.2, 0.25) is 17.7 Å². The van der Waals surface area contributed by atoms with Crippen LogP contribution in [0.3, 0.4) is 0 Å². The van der Waals surface area contributed by atoms with E-state index >= 15 is 0 Å². The second-order valence-electron chi connectivity index (χ2n) is 6.13. The van der Waals surface area contributed by atoms with E-state index in [9.17, 15) is 29.7 Å². The van der Waals surface area contributed by atoms with Crippen molar-refractivity contribution >= 4 is 17.7 Å². The highest BCUT2D eigenvalue weighted by Crippen LogP contribution is 2.19. The normalized spacial score (nSPS) is 30.8. The van der Waals surface area contributed by atoms with Crippen LogP contribution in [-0.4, -0.2) is 87.5 Å². The van der Waals surface area contributed by atoms with E-state index in [-0.39, 0.29) is 12.3 Å². The number of aliphatic hydroxyl groups is 4. The van der Waals surface area contributed by atoms with Gasteiger partial charge in [0.15, 0.2) is 6.23 Å². The minimum absolute atomic E-state index is 0.213. The summed E-state index contributed by atoms with van der Waals surface area (Å²) < 4.78 is 5.16. The highest BCUT2D eigenvalue weighted by molar-refractivity contribution is 5.91. The molecule has 7 atom stereocenters. The lowest BCUT2D eigenvalue weighted by atomic mass is 9.98. The third-order valence-corrected chi connectivity index (χ3v) is 4.02. The van der Waals surface area contributed by atoms with Gasteiger partial charge in [-0.05, 0) is 13.8 Å². The van der Waals surface area contributed by atoms with E-state index in [0.29, 0.717) is 0 Å². The van der Waals surface area contributed by atoms with Crippen LogP contribution < -0.4 is 16.0 Å². The Morgan fingerprint density at radius 1 is 0.962 bits per heavy atom. The lowest BCUT2D eigenvalue weighted by Gasteiger charge is -2.40. The third kappa shape index (κ3) is 5.61. The summed E-state index contributed by atoms with van der Waals surface area (Å²) in [7, 11) is 0. The standard InChI is InChI=1S/C15H27N3O8/c1-4-9(20)16-6(2)13(24)17-7(3)14(25)18-15-12(23)11(22)10(21)8(5-19)26-15/h6-8,10-12,15,19,21-23H,4-5H2,1-3H3,(H,16,20)(H,17,24)(H,18,25). The number of ether oxygens (including phenoxy) is 1. The quantitative estimate of drug-likeness (QED) is 0.237. The molecule has 1 aliphatic heterocycles. The van der Waals surface area contributed by atoms with Gasteiger partial charge in [0.1, 0.15) is 36.5 Å². The van der Waals surface area contributed by atoms with Gasteiger partial charge in [0, 0.05) is 6.42 Å². The zero-order valence-corrected chi connectivity index (χ0v) is 14.9. The average Bonchev–Trinajstić information content (AvgIpc) is 2.61. The van der Waals surface area contributed by atoms with Crippen molar-refractivity contribution in [1.29, 1.82) is 0 Å². The zero-order valence-electron chi connectivity index (χ0n) is 14.9. The van der Waals surface area contributed by atoms with E-state index in [1.54, 1.807) is 6.92 Å². The summed E-state index contributed by atoms with van der Waals surface area (Å²) in [5.74, 6) is -1.62. The fourth-order valence-corrected chi connectivity index (χ4v) is 2.30. The van der Waals surface area contributed by atoms with Crippen LogP contribution in [0.4, 0.5) is 0 Å². The molecule has 1 heterocycles. The zero-order chi connectivity index (χ0) is 20.0. The van der Waals surface area contributed by atoms with Crippen molar-refractivity contribution in [2.24, 2.45) is 0 Å². The van der Waals surface area contributed by atoms with Crippen molar-refractivity contribution in [1.82, 2.24) is 16.0 Å². The summed E-state index contributed by atoms with van der Waals surface area (Å²) >= 11 is 0. The maximum atomic E-state index is 12.2. The Bertz CT molecular complexity index is 515. The van der Waals surface area contributed by atoms with E-state index in [0.717, 1.165) is 0 Å². The molecule has 1 saturated heterocycles. The molecule has 0 aliphatic carbocycles. The molecule has 0 spiro atoms. The van der Waals surface area contributed by atoms with Crippen molar-refractivity contribution < 1.29 is 39.5 Å². The maximum absolute atomic E-state index is 12.2. The lowest BCUT2D eigenvalue weighted by Crippen LogP contribution is -2.64. The summed E-state index contributed by atoms with van der Waals surface area (Å²) in [5, 5.41) is 45.5. The number of hydrogen-bond acceptors (Lipinski definition) is 8. The monoisotopic (exact) mass is 377 g/mol. The molecule has 0 aromatic heterocycles. The molecule has 26 heavy (non-hydrogen) atoms. The van der Waals surface area contributed by atoms with E-state index in [2.05, 4.69) is 16.0 Å². The predicted octanol–water partition coefficient (Wildman–Crippen LogP) is -3.68. The Kier molecular flexibility index (Phi) is 8.37. The molecule has 0 saturated carbocycles. The van der Waals surface area contributed by atoms with Gasteiger partial charge in [-0.25, -0.2) is 0 Å². The molecule has 7 N–H and O–H groups in total. The number of carbonyl (C=O) groups is 3. The van der Waals surface area contributed by atoms with Crippen molar-refractivity contribution in [3.05, 3.63) is 0 Å². The topological polar surface area (TPSA) is 177 Å². The number of rotatable bonds is 7. The van der Waals surface area contributed by atoms with Gasteiger partial charge in [0.05, 0.1) is 6.61 Å². The maximum Gasteiger partial charge on any atom is 0.244 e. The molecule has 0 bridgehead atoms. The first kappa shape index (κ1) is 22.3. The Labute approximate surface area is 150 Å². The van der Waals surface area contributed by atoms with E-state index in [4.69, 9.17) is 9.84 Å². The largest absolute Gasteiger partial charge is 0.394 e. The van der Waals surface area contributed by atoms with Gasteiger partial charge < -0.3 is 41.1 Å². The van der Waals surface area contributed by atoms with Crippen LogP contribution >= 0.6 is 0 Å². The van der Waals surface area contributed by atoms with Gasteiger partial charge >= 0.3 is 0 Å². The molecule has 0 radical (unpaired) electrons. The lowest BCUT2D eigenvalue weighted by molar-refractivity contribution is -0.236. The molecular formula is C15H27N3O8. The predicted molar refractivity (Wildman–Crippen MR) is 87.4 cm³/mol. The Morgan fingerprint density at radius 3 is 2.08 bits per heavy atom. The fourth-order valence-electron chi connectivity index (χ4n) is 2.30. The fraction of sp³-hybridized carbons (Fsp3) is 0.800. The highest BCUT2D eigenvalue weighted by atomic mass is 16.6. The van der Waals surface area contributed by atoms with Crippen LogP contribution in [0.15, 0.2) is 0 Å². The van der Waals surface area contributed by atoms with Crippen LogP contribution in [0.5, 0.6) is 0 Å². The first-order valence-electron chi connectivity index (χ1n) is 8.32. The third-order valence-electron chi connectivity index (χ3n) is 4.02. The minimum atomic E-state index is -1.62. The van der Waals surface area contributed by atoms with E-state index < -0.39 is 61.1 Å². The summed E-state index contributed by atoms with van der Waals surface area (Å²) in [6, 6.07) is -1.87. The van der Waals surface area contributed by atoms with Crippen molar-refractivity contribution in [3.63, 3.8) is 0 Å². The molecule has 1 rings (SSSR count).